The average Bonchev–Trinajstić information content (AvgIpc) is 2.57. The Hall–Kier alpha value is -1.81. The Balaban J connectivity index is 1.53. The minimum atomic E-state index is -0.0863. The first-order valence-electron chi connectivity index (χ1n) is 8.05. The maximum Gasteiger partial charge on any atom is 0.314 e. The zero-order chi connectivity index (χ0) is 16.3. The number of hydrogen-bond donors (Lipinski definition) is 2. The van der Waals surface area contributed by atoms with Crippen LogP contribution in [0.4, 0.5) is 4.79 Å². The van der Waals surface area contributed by atoms with Gasteiger partial charge in [0.2, 0.25) is 0 Å². The lowest BCUT2D eigenvalue weighted by molar-refractivity contribution is 0.241. The van der Waals surface area contributed by atoms with Crippen molar-refractivity contribution in [3.05, 3.63) is 70.2 Å². The second-order valence-electron chi connectivity index (χ2n) is 5.47. The maximum absolute atomic E-state index is 11.7. The van der Waals surface area contributed by atoms with E-state index in [2.05, 4.69) is 56.9 Å². The summed E-state index contributed by atoms with van der Waals surface area (Å²) in [5, 5.41) is 5.80. The third-order valence-electron chi connectivity index (χ3n) is 3.66. The first-order chi connectivity index (χ1) is 11.3. The van der Waals surface area contributed by atoms with Crippen LogP contribution in [0.5, 0.6) is 0 Å². The van der Waals surface area contributed by atoms with Crippen LogP contribution in [0.1, 0.15) is 24.0 Å². The van der Waals surface area contributed by atoms with E-state index in [0.29, 0.717) is 13.1 Å². The molecular weight excluding hydrogens is 352 g/mol. The van der Waals surface area contributed by atoms with Crippen molar-refractivity contribution in [2.45, 2.75) is 25.7 Å². The van der Waals surface area contributed by atoms with Crippen LogP contribution in [-0.4, -0.2) is 19.1 Å². The molecule has 0 aromatic heterocycles. The number of hydrogen-bond acceptors (Lipinski definition) is 1. The molecular formula is C19H23BrN2O. The number of benzene rings is 2. The lowest BCUT2D eigenvalue weighted by Crippen LogP contribution is -2.37. The van der Waals surface area contributed by atoms with Crippen LogP contribution in [-0.2, 0) is 12.8 Å². The van der Waals surface area contributed by atoms with Gasteiger partial charge in [-0.05, 0) is 42.9 Å². The SMILES string of the molecule is O=C(NCCCCc1ccccc1)NCCc1ccccc1Br. The monoisotopic (exact) mass is 374 g/mol. The number of unbranched alkanes of at least 4 members (excludes halogenated alkanes) is 1. The second kappa shape index (κ2) is 10.1. The lowest BCUT2D eigenvalue weighted by atomic mass is 10.1. The van der Waals surface area contributed by atoms with Gasteiger partial charge in [-0.25, -0.2) is 4.79 Å². The Morgan fingerprint density at radius 2 is 1.52 bits per heavy atom. The molecule has 0 heterocycles. The molecule has 2 rings (SSSR count). The van der Waals surface area contributed by atoms with E-state index in [1.165, 1.54) is 11.1 Å². The van der Waals surface area contributed by atoms with E-state index in [1.807, 2.05) is 24.3 Å². The van der Waals surface area contributed by atoms with Crippen LogP contribution in [0.3, 0.4) is 0 Å². The molecule has 0 fully saturated rings. The predicted molar refractivity (Wildman–Crippen MR) is 98.6 cm³/mol. The van der Waals surface area contributed by atoms with Gasteiger partial charge in [-0.2, -0.15) is 0 Å². The van der Waals surface area contributed by atoms with Crippen LogP contribution >= 0.6 is 15.9 Å². The molecule has 2 N–H and O–H groups in total. The van der Waals surface area contributed by atoms with Crippen molar-refractivity contribution in [3.63, 3.8) is 0 Å². The summed E-state index contributed by atoms with van der Waals surface area (Å²) in [5.41, 5.74) is 2.56. The van der Waals surface area contributed by atoms with E-state index >= 15 is 0 Å². The number of nitrogens with one attached hydrogen (secondary N) is 2. The summed E-state index contributed by atoms with van der Waals surface area (Å²) in [6, 6.07) is 18.4. The topological polar surface area (TPSA) is 41.1 Å². The number of carbonyl (C=O) groups excluding carboxylic acids is 1. The van der Waals surface area contributed by atoms with Gasteiger partial charge in [0.25, 0.3) is 0 Å². The minimum Gasteiger partial charge on any atom is -0.338 e. The van der Waals surface area contributed by atoms with Crippen molar-refractivity contribution in [3.8, 4) is 0 Å². The fraction of sp³-hybridized carbons (Fsp3) is 0.316. The van der Waals surface area contributed by atoms with Crippen molar-refractivity contribution in [2.75, 3.05) is 13.1 Å². The number of amides is 2. The fourth-order valence-electron chi connectivity index (χ4n) is 2.38. The van der Waals surface area contributed by atoms with Gasteiger partial charge < -0.3 is 10.6 Å². The molecule has 2 aromatic carbocycles. The Kier molecular flexibility index (Phi) is 7.67. The summed E-state index contributed by atoms with van der Waals surface area (Å²) in [6.07, 6.45) is 3.96. The molecule has 2 amide bonds. The van der Waals surface area contributed by atoms with Crippen LogP contribution < -0.4 is 10.6 Å². The molecule has 0 spiro atoms. The largest absolute Gasteiger partial charge is 0.338 e. The summed E-state index contributed by atoms with van der Waals surface area (Å²) in [5.74, 6) is 0. The molecule has 0 radical (unpaired) electrons. The Morgan fingerprint density at radius 1 is 0.826 bits per heavy atom. The summed E-state index contributed by atoms with van der Waals surface area (Å²) in [4.78, 5) is 11.7. The summed E-state index contributed by atoms with van der Waals surface area (Å²) in [7, 11) is 0. The number of carbonyl (C=O) groups is 1. The van der Waals surface area contributed by atoms with Gasteiger partial charge in [0.15, 0.2) is 0 Å². The molecule has 0 saturated carbocycles. The predicted octanol–water partition coefficient (Wildman–Crippen LogP) is 4.31. The van der Waals surface area contributed by atoms with Gasteiger partial charge >= 0.3 is 6.03 Å². The summed E-state index contributed by atoms with van der Waals surface area (Å²) in [6.45, 7) is 1.35. The van der Waals surface area contributed by atoms with E-state index < -0.39 is 0 Å². The van der Waals surface area contributed by atoms with E-state index in [1.54, 1.807) is 0 Å². The number of aryl methyl sites for hydroxylation is 1. The average molecular weight is 375 g/mol. The lowest BCUT2D eigenvalue weighted by Gasteiger charge is -2.08. The van der Waals surface area contributed by atoms with Crippen LogP contribution in [0.15, 0.2) is 59.1 Å². The highest BCUT2D eigenvalue weighted by atomic mass is 79.9. The van der Waals surface area contributed by atoms with Crippen molar-refractivity contribution in [2.24, 2.45) is 0 Å². The number of urea groups is 1. The Morgan fingerprint density at radius 3 is 2.30 bits per heavy atom. The fourth-order valence-corrected chi connectivity index (χ4v) is 2.86. The summed E-state index contributed by atoms with van der Waals surface area (Å²) < 4.78 is 1.09. The van der Waals surface area contributed by atoms with Gasteiger partial charge in [-0.1, -0.05) is 64.5 Å². The third kappa shape index (κ3) is 6.87. The maximum atomic E-state index is 11.7. The molecule has 2 aromatic rings. The van der Waals surface area contributed by atoms with Crippen LogP contribution in [0, 0.1) is 0 Å². The Bertz CT molecular complexity index is 601. The standard InChI is InChI=1S/C19H23BrN2O/c20-18-12-5-4-11-17(18)13-15-22-19(23)21-14-7-6-10-16-8-2-1-3-9-16/h1-5,8-9,11-12H,6-7,10,13-15H2,(H2,21,22,23). The third-order valence-corrected chi connectivity index (χ3v) is 4.43. The van der Waals surface area contributed by atoms with E-state index in [4.69, 9.17) is 0 Å². The van der Waals surface area contributed by atoms with Crippen molar-refractivity contribution in [1.82, 2.24) is 10.6 Å². The first-order valence-corrected chi connectivity index (χ1v) is 8.84. The van der Waals surface area contributed by atoms with Crippen LogP contribution in [0.25, 0.3) is 0 Å². The zero-order valence-corrected chi connectivity index (χ0v) is 14.8. The van der Waals surface area contributed by atoms with Gasteiger partial charge in [0.1, 0.15) is 0 Å². The van der Waals surface area contributed by atoms with Crippen molar-refractivity contribution >= 4 is 22.0 Å². The van der Waals surface area contributed by atoms with Gasteiger partial charge in [0.05, 0.1) is 0 Å². The molecule has 3 nitrogen and oxygen atoms in total. The quantitative estimate of drug-likeness (QED) is 0.663. The molecule has 4 heteroatoms. The van der Waals surface area contributed by atoms with Gasteiger partial charge in [0, 0.05) is 17.6 Å². The van der Waals surface area contributed by atoms with Gasteiger partial charge in [-0.15, -0.1) is 0 Å². The number of rotatable bonds is 8. The van der Waals surface area contributed by atoms with E-state index in [0.717, 1.165) is 30.2 Å². The molecule has 122 valence electrons. The normalized spacial score (nSPS) is 10.3. The van der Waals surface area contributed by atoms with Crippen LogP contribution in [0.2, 0.25) is 0 Å². The molecule has 23 heavy (non-hydrogen) atoms. The summed E-state index contributed by atoms with van der Waals surface area (Å²) >= 11 is 3.51. The molecule has 0 aliphatic carbocycles. The van der Waals surface area contributed by atoms with E-state index in [9.17, 15) is 4.79 Å². The van der Waals surface area contributed by atoms with Crippen molar-refractivity contribution < 1.29 is 4.79 Å². The molecule has 0 aliphatic rings. The molecule has 0 aliphatic heterocycles. The van der Waals surface area contributed by atoms with Crippen molar-refractivity contribution in [1.29, 1.82) is 0 Å². The minimum absolute atomic E-state index is 0.0863. The van der Waals surface area contributed by atoms with Gasteiger partial charge in [-0.3, -0.25) is 0 Å². The second-order valence-corrected chi connectivity index (χ2v) is 6.32. The molecule has 0 unspecified atom stereocenters. The molecule has 0 bridgehead atoms. The molecule has 0 atom stereocenters. The highest BCUT2D eigenvalue weighted by molar-refractivity contribution is 9.10. The smallest absolute Gasteiger partial charge is 0.314 e. The first kappa shape index (κ1) is 17.5. The highest BCUT2D eigenvalue weighted by Gasteiger charge is 2.01. The Labute approximate surface area is 146 Å². The zero-order valence-electron chi connectivity index (χ0n) is 13.2. The highest BCUT2D eigenvalue weighted by Crippen LogP contribution is 2.15. The van der Waals surface area contributed by atoms with E-state index in [-0.39, 0.29) is 6.03 Å². The molecule has 0 saturated heterocycles. The number of halogens is 1.